The summed E-state index contributed by atoms with van der Waals surface area (Å²) in [5, 5.41) is 0.789. The van der Waals surface area contributed by atoms with Crippen molar-refractivity contribution in [2.45, 2.75) is 75.7 Å². The van der Waals surface area contributed by atoms with Crippen LogP contribution >= 0.6 is 11.6 Å². The second-order valence-corrected chi connectivity index (χ2v) is 14.6. The van der Waals surface area contributed by atoms with Gasteiger partial charge in [-0.3, -0.25) is 0 Å². The Morgan fingerprint density at radius 3 is 2.74 bits per heavy atom. The van der Waals surface area contributed by atoms with E-state index in [0.29, 0.717) is 35.8 Å². The van der Waals surface area contributed by atoms with Gasteiger partial charge in [0, 0.05) is 49.5 Å². The van der Waals surface area contributed by atoms with Crippen molar-refractivity contribution in [1.82, 2.24) is 9.97 Å². The van der Waals surface area contributed by atoms with Crippen LogP contribution in [0.2, 0.25) is 5.02 Å². The van der Waals surface area contributed by atoms with Crippen LogP contribution in [0.15, 0.2) is 54.9 Å². The zero-order chi connectivity index (χ0) is 31.7. The lowest BCUT2D eigenvalue weighted by Gasteiger charge is -2.48. The van der Waals surface area contributed by atoms with Crippen molar-refractivity contribution in [2.24, 2.45) is 23.7 Å². The average Bonchev–Trinajstić information content (AvgIpc) is 3.22. The molecule has 6 atom stereocenters. The van der Waals surface area contributed by atoms with Crippen LogP contribution in [0.5, 0.6) is 5.75 Å². The Hall–Kier alpha value is -3.16. The normalized spacial score (nSPS) is 27.8. The summed E-state index contributed by atoms with van der Waals surface area (Å²) in [6, 6.07) is 14.0. The topological polar surface area (TPSA) is 73.8 Å². The molecule has 2 aromatic carbocycles. The molecule has 4 aliphatic rings. The molecule has 244 valence electrons. The number of rotatable bonds is 8. The molecule has 3 aliphatic carbocycles. The van der Waals surface area contributed by atoms with Gasteiger partial charge in [-0.2, -0.15) is 0 Å². The van der Waals surface area contributed by atoms with E-state index in [4.69, 9.17) is 25.8 Å². The fourth-order valence-electron chi connectivity index (χ4n) is 9.12. The predicted octanol–water partition coefficient (Wildman–Crippen LogP) is 7.48. The molecule has 7 nitrogen and oxygen atoms in total. The van der Waals surface area contributed by atoms with Gasteiger partial charge in [-0.1, -0.05) is 24.1 Å². The van der Waals surface area contributed by atoms with Crippen molar-refractivity contribution >= 4 is 23.3 Å². The Labute approximate surface area is 278 Å². The molecule has 7 rings (SSSR count). The second kappa shape index (κ2) is 13.5. The van der Waals surface area contributed by atoms with Crippen LogP contribution in [0.1, 0.15) is 78.7 Å². The highest BCUT2D eigenvalue weighted by molar-refractivity contribution is 6.30. The van der Waals surface area contributed by atoms with E-state index in [1.807, 2.05) is 49.8 Å². The van der Waals surface area contributed by atoms with Gasteiger partial charge >= 0.3 is 5.97 Å². The number of benzene rings is 2. The monoisotopic (exact) mass is 643 g/mol. The van der Waals surface area contributed by atoms with Crippen LogP contribution in [0.4, 0.5) is 5.69 Å². The summed E-state index contributed by atoms with van der Waals surface area (Å²) in [4.78, 5) is 24.2. The third-order valence-corrected chi connectivity index (χ3v) is 11.7. The molecular formula is C38H46ClN3O4. The molecule has 0 unspecified atom stereocenters. The highest BCUT2D eigenvalue weighted by Crippen LogP contribution is 2.49. The summed E-state index contributed by atoms with van der Waals surface area (Å²) < 4.78 is 18.2. The molecule has 2 saturated carbocycles. The molecule has 46 heavy (non-hydrogen) atoms. The summed E-state index contributed by atoms with van der Waals surface area (Å²) in [7, 11) is 3.36. The van der Waals surface area contributed by atoms with E-state index < -0.39 is 0 Å². The number of ether oxygens (including phenoxy) is 3. The van der Waals surface area contributed by atoms with Gasteiger partial charge in [0.25, 0.3) is 0 Å². The second-order valence-electron chi connectivity index (χ2n) is 14.1. The maximum Gasteiger partial charge on any atom is 0.337 e. The lowest BCUT2D eigenvalue weighted by atomic mass is 9.64. The van der Waals surface area contributed by atoms with Gasteiger partial charge in [-0.15, -0.1) is 0 Å². The Morgan fingerprint density at radius 2 is 1.96 bits per heavy atom. The van der Waals surface area contributed by atoms with Crippen molar-refractivity contribution in [3.8, 4) is 5.75 Å². The number of carbonyl (C=O) groups is 1. The molecule has 2 heterocycles. The van der Waals surface area contributed by atoms with Gasteiger partial charge in [0.05, 0.1) is 31.1 Å². The van der Waals surface area contributed by atoms with E-state index in [1.54, 1.807) is 0 Å². The van der Waals surface area contributed by atoms with Crippen LogP contribution in [0.3, 0.4) is 0 Å². The zero-order valence-electron chi connectivity index (χ0n) is 27.1. The summed E-state index contributed by atoms with van der Waals surface area (Å²) in [5.41, 5.74) is 4.07. The highest BCUT2D eigenvalue weighted by atomic mass is 35.5. The minimum atomic E-state index is -0.326. The maximum atomic E-state index is 12.7. The number of carbonyl (C=O) groups excluding carboxylic acids is 1. The first-order valence-electron chi connectivity index (χ1n) is 17.1. The van der Waals surface area contributed by atoms with E-state index in [2.05, 4.69) is 27.0 Å². The number of halogens is 1. The molecule has 2 fully saturated rings. The number of hydrogen-bond donors (Lipinski definition) is 0. The van der Waals surface area contributed by atoms with Gasteiger partial charge in [-0.25, -0.2) is 14.8 Å². The van der Waals surface area contributed by atoms with E-state index >= 15 is 0 Å². The Morgan fingerprint density at radius 1 is 1.09 bits per heavy atom. The van der Waals surface area contributed by atoms with Crippen LogP contribution < -0.4 is 9.64 Å². The summed E-state index contributed by atoms with van der Waals surface area (Å²) >= 11 is 6.46. The summed E-state index contributed by atoms with van der Waals surface area (Å²) in [6.45, 7) is 2.35. The Kier molecular flexibility index (Phi) is 9.24. The molecule has 0 amide bonds. The van der Waals surface area contributed by atoms with Gasteiger partial charge in [0.2, 0.25) is 0 Å². The van der Waals surface area contributed by atoms with E-state index in [0.717, 1.165) is 61.1 Å². The number of aromatic nitrogens is 2. The lowest BCUT2D eigenvalue weighted by Crippen LogP contribution is -2.51. The average molecular weight is 644 g/mol. The number of methoxy groups -OCH3 is 2. The van der Waals surface area contributed by atoms with E-state index in [-0.39, 0.29) is 17.5 Å². The lowest BCUT2D eigenvalue weighted by molar-refractivity contribution is -0.0643. The molecule has 1 aromatic heterocycles. The number of nitrogens with zero attached hydrogens (tertiary/aromatic N) is 3. The van der Waals surface area contributed by atoms with E-state index in [1.165, 1.54) is 56.8 Å². The quantitative estimate of drug-likeness (QED) is 0.236. The Balaban J connectivity index is 1.15. The summed E-state index contributed by atoms with van der Waals surface area (Å²) in [5.74, 6) is 3.62. The third-order valence-electron chi connectivity index (χ3n) is 11.5. The third kappa shape index (κ3) is 6.25. The molecule has 0 saturated heterocycles. The first-order valence-corrected chi connectivity index (χ1v) is 17.5. The van der Waals surface area contributed by atoms with Gasteiger partial charge in [0.1, 0.15) is 11.6 Å². The fraction of sp³-hybridized carbons (Fsp3) is 0.553. The standard InChI is InChI=1S/C38H46ClN3O4/c1-44-36(27-7-3-6-25(18-27)19-35-40-16-5-17-41-35)31-12-9-29(31)22-42-23-38(15-4-8-26-20-30(39)11-13-32(26)38)24-46-34-14-10-28(21-33(34)42)37(43)45-2/h5,10-11,13-14,16-17,20-21,25,27,29,31,36H,3-4,6-9,12,15,18-19,22-24H2,1-2H3/t25-,27-,29+,31-,36+,38+/m1/s1. The Bertz CT molecular complexity index is 1540. The van der Waals surface area contributed by atoms with Gasteiger partial charge in [0.15, 0.2) is 0 Å². The number of anilines is 1. The number of aryl methyl sites for hydroxylation is 1. The molecule has 0 N–H and O–H groups in total. The first-order chi connectivity index (χ1) is 22.5. The first kappa shape index (κ1) is 31.4. The van der Waals surface area contributed by atoms with Crippen LogP contribution in [0, 0.1) is 23.7 Å². The molecule has 8 heteroatoms. The SMILES string of the molecule is COC(=O)c1ccc2c(c1)N(C[C@@H]1CC[C@H]1[C@@H](OC)[C@@H]1CCC[C@@H](Cc3ncccn3)C1)C[C@@]1(CCCc3cc(Cl)ccc31)CO2. The van der Waals surface area contributed by atoms with Crippen molar-refractivity contribution in [3.05, 3.63) is 82.4 Å². The van der Waals surface area contributed by atoms with Crippen molar-refractivity contribution < 1.29 is 19.0 Å². The van der Waals surface area contributed by atoms with E-state index in [9.17, 15) is 4.79 Å². The molecule has 1 spiro atoms. The van der Waals surface area contributed by atoms with Gasteiger partial charge < -0.3 is 19.1 Å². The number of esters is 1. The van der Waals surface area contributed by atoms with Crippen molar-refractivity contribution in [2.75, 3.05) is 38.8 Å². The number of hydrogen-bond acceptors (Lipinski definition) is 7. The largest absolute Gasteiger partial charge is 0.490 e. The molecular weight excluding hydrogens is 598 g/mol. The van der Waals surface area contributed by atoms with Crippen molar-refractivity contribution in [1.29, 1.82) is 0 Å². The van der Waals surface area contributed by atoms with Gasteiger partial charge in [-0.05, 0) is 123 Å². The highest BCUT2D eigenvalue weighted by Gasteiger charge is 2.46. The zero-order valence-corrected chi connectivity index (χ0v) is 27.9. The summed E-state index contributed by atoms with van der Waals surface area (Å²) in [6.07, 6.45) is 15.3. The maximum absolute atomic E-state index is 12.7. The molecule has 0 radical (unpaired) electrons. The molecule has 0 bridgehead atoms. The number of fused-ring (bicyclic) bond motifs is 3. The van der Waals surface area contributed by atoms with Crippen molar-refractivity contribution in [3.63, 3.8) is 0 Å². The predicted molar refractivity (Wildman–Crippen MR) is 180 cm³/mol. The fourth-order valence-corrected chi connectivity index (χ4v) is 9.32. The van der Waals surface area contributed by atoms with Crippen LogP contribution in [-0.4, -0.2) is 56.0 Å². The molecule has 1 aliphatic heterocycles. The molecule has 3 aromatic rings. The van der Waals surface area contributed by atoms with Crippen LogP contribution in [0.25, 0.3) is 0 Å². The minimum absolute atomic E-state index is 0.154. The smallest absolute Gasteiger partial charge is 0.337 e. The van der Waals surface area contributed by atoms with Crippen LogP contribution in [-0.2, 0) is 27.7 Å². The minimum Gasteiger partial charge on any atom is -0.490 e.